The van der Waals surface area contributed by atoms with Gasteiger partial charge < -0.3 is 4.90 Å². The van der Waals surface area contributed by atoms with Gasteiger partial charge in [0.15, 0.2) is 5.71 Å². The summed E-state index contributed by atoms with van der Waals surface area (Å²) in [7, 11) is -12.6. The van der Waals surface area contributed by atoms with E-state index in [-0.39, 0.29) is 34.2 Å². The summed E-state index contributed by atoms with van der Waals surface area (Å²) in [6.45, 7) is 9.23. The van der Waals surface area contributed by atoms with Gasteiger partial charge in [0.2, 0.25) is 5.69 Å². The van der Waals surface area contributed by atoms with Crippen LogP contribution in [-0.2, 0) is 41.2 Å². The van der Waals surface area contributed by atoms with Crippen LogP contribution in [0.4, 0.5) is 11.4 Å². The second-order valence-electron chi connectivity index (χ2n) is 16.5. The molecule has 16 heteroatoms. The number of nitrogens with zero attached hydrogens (tertiary/aromatic N) is 2. The number of hydrogen-bond acceptors (Lipinski definition) is 7. The fourth-order valence-corrected chi connectivity index (χ4v) is 11.3. The van der Waals surface area contributed by atoms with E-state index in [4.69, 9.17) is 23.2 Å². The lowest BCUT2D eigenvalue weighted by Crippen LogP contribution is -2.28. The molecule has 1 unspecified atom stereocenters. The number of allylic oxidation sites excluding steroid dienone is 10. The molecule has 0 amide bonds. The Labute approximate surface area is 352 Å². The van der Waals surface area contributed by atoms with Gasteiger partial charge in [-0.15, -0.1) is 0 Å². The summed E-state index contributed by atoms with van der Waals surface area (Å²) in [6.07, 6.45) is 12.9. The highest BCUT2D eigenvalue weighted by molar-refractivity contribution is 7.86. The van der Waals surface area contributed by atoms with Crippen molar-refractivity contribution in [1.82, 2.24) is 0 Å². The summed E-state index contributed by atoms with van der Waals surface area (Å²) in [5.74, 6) is -0.474. The molecule has 3 N–H and O–H groups in total. The molecular formula is C42H51Cl2N2O9S3+. The lowest BCUT2D eigenvalue weighted by molar-refractivity contribution is -0.438. The Morgan fingerprint density at radius 2 is 1.43 bits per heavy atom. The molecule has 1 atom stereocenters. The number of halogens is 2. The minimum atomic E-state index is -4.46. The van der Waals surface area contributed by atoms with Crippen LogP contribution in [-0.4, -0.2) is 73.8 Å². The SMILES string of the molecule is CC1(C)C(/C=C/C2=C(Cl)C3=C(Cl)/C(=C/C=C4/N(CCCCS(=O)(=O)O)c5ccc(S(=O)(=O)O)cc5C4(C)C)CCC3CC2)=[N+](CCCCS(=O)(=O)O)c2ccccc21. The minimum absolute atomic E-state index is 0.186. The number of hydrogen-bond donors (Lipinski definition) is 3. The molecule has 0 fully saturated rings. The number of unbranched alkanes of at least 4 members (excludes halogenated alkanes) is 2. The minimum Gasteiger partial charge on any atom is -0.344 e. The smallest absolute Gasteiger partial charge is 0.294 e. The van der Waals surface area contributed by atoms with E-state index in [1.807, 2.05) is 43.0 Å². The van der Waals surface area contributed by atoms with Crippen molar-refractivity contribution in [3.8, 4) is 0 Å². The van der Waals surface area contributed by atoms with Gasteiger partial charge in [-0.25, -0.2) is 0 Å². The average molecular weight is 895 g/mol. The Hall–Kier alpha value is -3.08. The number of anilines is 1. The lowest BCUT2D eigenvalue weighted by atomic mass is 9.76. The fraction of sp³-hybridized carbons (Fsp3) is 0.452. The third-order valence-electron chi connectivity index (χ3n) is 11.9. The fourth-order valence-electron chi connectivity index (χ4n) is 8.83. The molecular weight excluding hydrogens is 844 g/mol. The number of fused-ring (bicyclic) bond motifs is 3. The van der Waals surface area contributed by atoms with Crippen molar-refractivity contribution in [3.05, 3.63) is 110 Å². The largest absolute Gasteiger partial charge is 0.344 e. The van der Waals surface area contributed by atoms with Gasteiger partial charge in [-0.2, -0.15) is 29.8 Å². The molecule has 0 saturated carbocycles. The highest BCUT2D eigenvalue weighted by Crippen LogP contribution is 2.51. The predicted molar refractivity (Wildman–Crippen MR) is 230 cm³/mol. The van der Waals surface area contributed by atoms with Gasteiger partial charge >= 0.3 is 0 Å². The standard InChI is InChI=1S/C42H50Cl2N2O9S3/c1-41(2)32-11-5-6-12-34(32)45(23-7-9-25-56(47,48)49)36(41)21-17-29-15-13-28-14-16-30(40(44)38(28)39(29)43)18-22-37-42(3,4)33-27-31(58(53,54)55)19-20-35(33)46(37)24-8-10-26-57(50,51)52/h5-6,11-12,17-22,27-28H,7-10,13-16,23-26H2,1-4H3,(H2-,47,48,49,50,51,52,53,54,55)/p+1. The number of benzene rings is 2. The first-order valence-corrected chi connectivity index (χ1v) is 24.8. The van der Waals surface area contributed by atoms with Crippen LogP contribution >= 0.6 is 23.2 Å². The Morgan fingerprint density at radius 3 is 2.10 bits per heavy atom. The normalized spacial score (nSPS) is 22.1. The van der Waals surface area contributed by atoms with E-state index in [1.165, 1.54) is 17.7 Å². The molecule has 11 nitrogen and oxygen atoms in total. The van der Waals surface area contributed by atoms with E-state index in [0.717, 1.165) is 65.2 Å². The van der Waals surface area contributed by atoms with Gasteiger partial charge in [0, 0.05) is 57.5 Å². The van der Waals surface area contributed by atoms with E-state index in [0.29, 0.717) is 48.0 Å². The van der Waals surface area contributed by atoms with Crippen molar-refractivity contribution in [2.75, 3.05) is 29.5 Å². The van der Waals surface area contributed by atoms with Gasteiger partial charge in [-0.1, -0.05) is 67.4 Å². The monoisotopic (exact) mass is 893 g/mol. The Bertz CT molecular complexity index is 2530. The molecule has 4 aliphatic rings. The maximum absolute atomic E-state index is 12.1. The van der Waals surface area contributed by atoms with Crippen molar-refractivity contribution in [2.45, 2.75) is 94.8 Å². The zero-order chi connectivity index (χ0) is 42.4. The Morgan fingerprint density at radius 1 is 0.776 bits per heavy atom. The summed E-state index contributed by atoms with van der Waals surface area (Å²) >= 11 is 14.5. The summed E-state index contributed by atoms with van der Waals surface area (Å²) in [5.41, 5.74) is 7.27. The predicted octanol–water partition coefficient (Wildman–Crippen LogP) is 9.00. The van der Waals surface area contributed by atoms with Crippen LogP contribution in [0.2, 0.25) is 0 Å². The molecule has 58 heavy (non-hydrogen) atoms. The van der Waals surface area contributed by atoms with Gasteiger partial charge in [-0.3, -0.25) is 13.7 Å². The average Bonchev–Trinajstić information content (AvgIpc) is 3.47. The third kappa shape index (κ3) is 9.44. The van der Waals surface area contributed by atoms with Gasteiger partial charge in [0.1, 0.15) is 6.54 Å². The molecule has 2 aliphatic carbocycles. The lowest BCUT2D eigenvalue weighted by Gasteiger charge is -2.32. The molecule has 2 aromatic rings. The third-order valence-corrected chi connectivity index (χ3v) is 15.2. The number of para-hydroxylation sites is 1. The topological polar surface area (TPSA) is 169 Å². The highest BCUT2D eigenvalue weighted by Gasteiger charge is 2.44. The molecule has 0 bridgehead atoms. The molecule has 2 aliphatic heterocycles. The van der Waals surface area contributed by atoms with Crippen molar-refractivity contribution < 1.29 is 43.5 Å². The highest BCUT2D eigenvalue weighted by atomic mass is 35.5. The summed E-state index contributed by atoms with van der Waals surface area (Å²) in [6, 6.07) is 12.6. The number of rotatable bonds is 14. The first-order valence-electron chi connectivity index (χ1n) is 19.4. The zero-order valence-electron chi connectivity index (χ0n) is 33.1. The van der Waals surface area contributed by atoms with E-state index in [1.54, 1.807) is 6.07 Å². The van der Waals surface area contributed by atoms with E-state index in [2.05, 4.69) is 42.7 Å². The van der Waals surface area contributed by atoms with Gasteiger partial charge in [0.05, 0.1) is 21.8 Å². The molecule has 314 valence electrons. The first kappa shape index (κ1) is 44.5. The Balaban J connectivity index is 1.34. The maximum atomic E-state index is 12.1. The molecule has 0 aromatic heterocycles. The molecule has 0 spiro atoms. The van der Waals surface area contributed by atoms with Crippen molar-refractivity contribution in [1.29, 1.82) is 0 Å². The quantitative estimate of drug-likeness (QED) is 0.0946. The molecule has 0 radical (unpaired) electrons. The molecule has 6 rings (SSSR count). The van der Waals surface area contributed by atoms with Crippen LogP contribution in [0.3, 0.4) is 0 Å². The molecule has 0 saturated heterocycles. The van der Waals surface area contributed by atoms with Crippen LogP contribution in [0.5, 0.6) is 0 Å². The zero-order valence-corrected chi connectivity index (χ0v) is 37.0. The second-order valence-corrected chi connectivity index (χ2v) is 21.8. The first-order chi connectivity index (χ1) is 27.0. The van der Waals surface area contributed by atoms with Gasteiger partial charge in [-0.05, 0) is 111 Å². The van der Waals surface area contributed by atoms with E-state index >= 15 is 0 Å². The molecule has 2 aromatic carbocycles. The summed E-state index contributed by atoms with van der Waals surface area (Å²) in [4.78, 5) is 1.80. The van der Waals surface area contributed by atoms with Crippen LogP contribution in [0, 0.1) is 5.92 Å². The van der Waals surface area contributed by atoms with Crippen molar-refractivity contribution in [3.63, 3.8) is 0 Å². The van der Waals surface area contributed by atoms with Crippen LogP contribution in [0.1, 0.15) is 90.2 Å². The van der Waals surface area contributed by atoms with Crippen LogP contribution in [0.15, 0.2) is 104 Å². The van der Waals surface area contributed by atoms with E-state index < -0.39 is 35.8 Å². The maximum Gasteiger partial charge on any atom is 0.294 e. The van der Waals surface area contributed by atoms with Crippen LogP contribution < -0.4 is 4.90 Å². The van der Waals surface area contributed by atoms with Crippen LogP contribution in [0.25, 0.3) is 0 Å². The summed E-state index contributed by atoms with van der Waals surface area (Å²) < 4.78 is 100. The van der Waals surface area contributed by atoms with Gasteiger partial charge in [0.25, 0.3) is 30.4 Å². The van der Waals surface area contributed by atoms with Crippen molar-refractivity contribution >= 4 is 70.6 Å². The second kappa shape index (κ2) is 16.8. The molecule has 2 heterocycles. The summed E-state index contributed by atoms with van der Waals surface area (Å²) in [5, 5.41) is 1.21. The Kier molecular flexibility index (Phi) is 12.9. The van der Waals surface area contributed by atoms with E-state index in [9.17, 15) is 38.9 Å². The van der Waals surface area contributed by atoms with Crippen molar-refractivity contribution in [2.24, 2.45) is 5.92 Å².